The third kappa shape index (κ3) is 3.61. The lowest BCUT2D eigenvalue weighted by Crippen LogP contribution is -1.68. The Morgan fingerprint density at radius 1 is 1.83 bits per heavy atom. The van der Waals surface area contributed by atoms with Crippen molar-refractivity contribution in [2.24, 2.45) is 0 Å². The van der Waals surface area contributed by atoms with Crippen LogP contribution in [0.1, 0.15) is 20.3 Å². The number of rotatable bonds is 2. The van der Waals surface area contributed by atoms with E-state index < -0.39 is 0 Å². The Hall–Kier alpha value is -0.390. The second-order valence-electron chi connectivity index (χ2n) is 1.46. The molecule has 0 unspecified atom stereocenters. The molecule has 0 aromatic carbocycles. The molecule has 0 aromatic heterocycles. The van der Waals surface area contributed by atoms with Crippen LogP contribution in [0.4, 0.5) is 0 Å². The number of allylic oxidation sites excluding steroid dienone is 1. The van der Waals surface area contributed by atoms with Gasteiger partial charge in [-0.3, -0.25) is 0 Å². The lowest BCUT2D eigenvalue weighted by molar-refractivity contribution is 1.11. The third-order valence-electron chi connectivity index (χ3n) is 0.553. The summed E-state index contributed by atoms with van der Waals surface area (Å²) >= 11 is 0. The van der Waals surface area contributed by atoms with E-state index in [-0.39, 0.29) is 0 Å². The van der Waals surface area contributed by atoms with E-state index in [2.05, 4.69) is 19.9 Å². The molecule has 0 amide bonds. The largest absolute Gasteiger partial charge is 0.0961 e. The van der Waals surface area contributed by atoms with E-state index in [1.807, 2.05) is 6.92 Å². The van der Waals surface area contributed by atoms with Gasteiger partial charge in [0.05, 0.1) is 5.57 Å². The highest BCUT2D eigenvalue weighted by atomic mass is 13.8. The normalized spacial score (nSPS) is 7.67. The van der Waals surface area contributed by atoms with Gasteiger partial charge in [0.25, 0.3) is 0 Å². The maximum absolute atomic E-state index is 3.69. The molecular weight excluding hydrogens is 72.1 g/mol. The monoisotopic (exact) mass is 83.1 g/mol. The first kappa shape index (κ1) is 5.61. The van der Waals surface area contributed by atoms with Crippen molar-refractivity contribution < 1.29 is 0 Å². The van der Waals surface area contributed by atoms with Crippen molar-refractivity contribution in [3.05, 3.63) is 18.6 Å². The topological polar surface area (TPSA) is 0 Å². The number of hydrogen-bond donors (Lipinski definition) is 0. The van der Waals surface area contributed by atoms with Gasteiger partial charge in [0.2, 0.25) is 0 Å². The SMILES string of the molecule is C=C(C)[CH+]CC. The van der Waals surface area contributed by atoms with Gasteiger partial charge in [0.1, 0.15) is 0 Å². The van der Waals surface area contributed by atoms with E-state index in [1.165, 1.54) is 0 Å². The average Bonchev–Trinajstić information content (AvgIpc) is 1.35. The van der Waals surface area contributed by atoms with E-state index >= 15 is 0 Å². The fourth-order valence-electron chi connectivity index (χ4n) is 0.348. The summed E-state index contributed by atoms with van der Waals surface area (Å²) in [7, 11) is 0. The Morgan fingerprint density at radius 3 is 2.33 bits per heavy atom. The highest BCUT2D eigenvalue weighted by molar-refractivity contribution is 5.02. The predicted molar refractivity (Wildman–Crippen MR) is 29.4 cm³/mol. The highest BCUT2D eigenvalue weighted by Gasteiger charge is 1.86. The number of hydrogen-bond acceptors (Lipinski definition) is 0. The van der Waals surface area contributed by atoms with Crippen LogP contribution in [0.2, 0.25) is 0 Å². The molecule has 0 aliphatic carbocycles. The molecule has 0 spiro atoms. The first-order chi connectivity index (χ1) is 2.77. The molecular formula is C6H11+. The van der Waals surface area contributed by atoms with Crippen LogP contribution in [0.25, 0.3) is 0 Å². The Balaban J connectivity index is 2.83. The summed E-state index contributed by atoms with van der Waals surface area (Å²) in [5.74, 6) is 0. The van der Waals surface area contributed by atoms with Crippen molar-refractivity contribution in [1.29, 1.82) is 0 Å². The second kappa shape index (κ2) is 2.83. The Labute approximate surface area is 39.9 Å². The standard InChI is InChI=1S/C6H11/c1-4-5-6(2)3/h5H,2,4H2,1,3H3/q+1. The molecule has 0 radical (unpaired) electrons. The second-order valence-corrected chi connectivity index (χ2v) is 1.46. The summed E-state index contributed by atoms with van der Waals surface area (Å²) < 4.78 is 0. The van der Waals surface area contributed by atoms with Gasteiger partial charge >= 0.3 is 0 Å². The zero-order valence-electron chi connectivity index (χ0n) is 4.49. The van der Waals surface area contributed by atoms with E-state index in [0.29, 0.717) is 0 Å². The molecule has 0 heterocycles. The zero-order chi connectivity index (χ0) is 4.99. The van der Waals surface area contributed by atoms with Gasteiger partial charge in [0.15, 0.2) is 0 Å². The highest BCUT2D eigenvalue weighted by Crippen LogP contribution is 1.94. The fourth-order valence-corrected chi connectivity index (χ4v) is 0.348. The van der Waals surface area contributed by atoms with Gasteiger partial charge in [-0.1, -0.05) is 0 Å². The Kier molecular flexibility index (Phi) is 2.64. The van der Waals surface area contributed by atoms with Crippen LogP contribution in [0.15, 0.2) is 12.2 Å². The predicted octanol–water partition coefficient (Wildman–Crippen LogP) is 2.18. The van der Waals surface area contributed by atoms with Crippen LogP contribution in [0.5, 0.6) is 0 Å². The van der Waals surface area contributed by atoms with Gasteiger partial charge in [-0.05, 0) is 13.8 Å². The first-order valence-corrected chi connectivity index (χ1v) is 2.26. The summed E-state index contributed by atoms with van der Waals surface area (Å²) in [6, 6.07) is 0. The fraction of sp³-hybridized carbons (Fsp3) is 0.500. The van der Waals surface area contributed by atoms with Gasteiger partial charge in [0, 0.05) is 19.4 Å². The minimum atomic E-state index is 1.11. The molecule has 0 saturated heterocycles. The van der Waals surface area contributed by atoms with E-state index in [4.69, 9.17) is 0 Å². The first-order valence-electron chi connectivity index (χ1n) is 2.26. The van der Waals surface area contributed by atoms with Crippen molar-refractivity contribution in [2.75, 3.05) is 0 Å². The Bertz CT molecular complexity index is 44.0. The summed E-state index contributed by atoms with van der Waals surface area (Å²) in [6.07, 6.45) is 3.20. The molecule has 0 saturated carbocycles. The molecule has 34 valence electrons. The maximum atomic E-state index is 3.69. The van der Waals surface area contributed by atoms with Crippen LogP contribution in [-0.2, 0) is 0 Å². The molecule has 0 fully saturated rings. The van der Waals surface area contributed by atoms with Crippen molar-refractivity contribution in [3.63, 3.8) is 0 Å². The van der Waals surface area contributed by atoms with Crippen LogP contribution in [0, 0.1) is 6.42 Å². The smallest absolute Gasteiger partial charge is 0.0439 e. The molecule has 0 aromatic rings. The van der Waals surface area contributed by atoms with Gasteiger partial charge < -0.3 is 0 Å². The lowest BCUT2D eigenvalue weighted by Gasteiger charge is -1.76. The molecule has 0 heteroatoms. The van der Waals surface area contributed by atoms with Crippen LogP contribution in [-0.4, -0.2) is 0 Å². The molecule has 0 aliphatic heterocycles. The average molecular weight is 83.2 g/mol. The van der Waals surface area contributed by atoms with Gasteiger partial charge in [-0.15, -0.1) is 0 Å². The molecule has 0 atom stereocenters. The van der Waals surface area contributed by atoms with E-state index in [1.54, 1.807) is 0 Å². The quantitative estimate of drug-likeness (QED) is 0.449. The summed E-state index contributed by atoms with van der Waals surface area (Å²) in [5, 5.41) is 0. The van der Waals surface area contributed by atoms with Crippen molar-refractivity contribution >= 4 is 0 Å². The summed E-state index contributed by atoms with van der Waals surface area (Å²) in [6.45, 7) is 7.80. The van der Waals surface area contributed by atoms with Crippen LogP contribution >= 0.6 is 0 Å². The summed E-state index contributed by atoms with van der Waals surface area (Å²) in [5.41, 5.74) is 1.16. The van der Waals surface area contributed by atoms with Gasteiger partial charge in [-0.25, -0.2) is 0 Å². The van der Waals surface area contributed by atoms with Crippen molar-refractivity contribution in [1.82, 2.24) is 0 Å². The van der Waals surface area contributed by atoms with Crippen LogP contribution in [0.3, 0.4) is 0 Å². The molecule has 0 aliphatic rings. The van der Waals surface area contributed by atoms with E-state index in [9.17, 15) is 0 Å². The van der Waals surface area contributed by atoms with Gasteiger partial charge in [-0.2, -0.15) is 0 Å². The Morgan fingerprint density at radius 2 is 2.33 bits per heavy atom. The minimum absolute atomic E-state index is 1.11. The molecule has 0 rings (SSSR count). The molecule has 0 bridgehead atoms. The van der Waals surface area contributed by atoms with Crippen molar-refractivity contribution in [3.8, 4) is 0 Å². The summed E-state index contributed by atoms with van der Waals surface area (Å²) in [4.78, 5) is 0. The molecule has 0 N–H and O–H groups in total. The lowest BCUT2D eigenvalue weighted by atomic mass is 10.2. The van der Waals surface area contributed by atoms with Crippen molar-refractivity contribution in [2.45, 2.75) is 20.3 Å². The minimum Gasteiger partial charge on any atom is -0.0439 e. The van der Waals surface area contributed by atoms with Crippen LogP contribution < -0.4 is 0 Å². The van der Waals surface area contributed by atoms with E-state index in [0.717, 1.165) is 12.0 Å². The molecule has 6 heavy (non-hydrogen) atoms. The molecule has 0 nitrogen and oxygen atoms in total. The zero-order valence-corrected chi connectivity index (χ0v) is 4.49. The maximum Gasteiger partial charge on any atom is 0.0961 e. The third-order valence-corrected chi connectivity index (χ3v) is 0.553.